The van der Waals surface area contributed by atoms with Crippen molar-refractivity contribution >= 4 is 22.8 Å². The monoisotopic (exact) mass is 423 g/mol. The molecule has 0 spiro atoms. The minimum atomic E-state index is -0.323. The summed E-state index contributed by atoms with van der Waals surface area (Å²) in [6.45, 7) is 4.69. The first-order chi connectivity index (χ1) is 15.7. The summed E-state index contributed by atoms with van der Waals surface area (Å²) in [6.07, 6.45) is 0.935. The zero-order valence-electron chi connectivity index (χ0n) is 18.2. The molecule has 2 heterocycles. The minimum Gasteiger partial charge on any atom is -0.494 e. The molecule has 160 valence electrons. The third-order valence-electron chi connectivity index (χ3n) is 5.76. The highest BCUT2D eigenvalue weighted by molar-refractivity contribution is 6.11. The second kappa shape index (κ2) is 8.35. The molecular formula is C27H25N3O2. The lowest BCUT2D eigenvalue weighted by Gasteiger charge is -2.31. The average Bonchev–Trinajstić information content (AvgIpc) is 3.20. The van der Waals surface area contributed by atoms with Crippen LogP contribution >= 0.6 is 0 Å². The first-order valence-corrected chi connectivity index (χ1v) is 10.9. The maximum Gasteiger partial charge on any atom is 0.209 e. The van der Waals surface area contributed by atoms with Gasteiger partial charge in [-0.1, -0.05) is 61.5 Å². The van der Waals surface area contributed by atoms with Gasteiger partial charge >= 0.3 is 0 Å². The van der Waals surface area contributed by atoms with E-state index < -0.39 is 0 Å². The summed E-state index contributed by atoms with van der Waals surface area (Å²) in [5, 5.41) is 3.38. The molecule has 0 radical (unpaired) electrons. The van der Waals surface area contributed by atoms with Crippen molar-refractivity contribution in [3.05, 3.63) is 101 Å². The highest BCUT2D eigenvalue weighted by Crippen LogP contribution is 2.41. The Bertz CT molecular complexity index is 1320. The number of nitrogens with one attached hydrogen (secondary N) is 1. The normalized spacial score (nSPS) is 15.4. The molecule has 0 unspecified atom stereocenters. The highest BCUT2D eigenvalue weighted by atomic mass is 16.5. The van der Waals surface area contributed by atoms with Crippen LogP contribution in [0.3, 0.4) is 0 Å². The minimum absolute atomic E-state index is 0.00362. The second-order valence-electron chi connectivity index (χ2n) is 7.98. The molecule has 0 bridgehead atoms. The number of para-hydroxylation sites is 2. The van der Waals surface area contributed by atoms with E-state index in [0.717, 1.165) is 40.4 Å². The number of aromatic nitrogens is 2. The molecule has 5 heteroatoms. The standard InChI is InChI=1S/C27H25N3O2/c1-3-16-32-21-13-9-12-20(17-21)25-24(26(31)19-10-5-4-6-11-19)18(2)28-27-29-22-14-7-8-15-23(22)30(25)27/h4-15,17,25H,3,16H2,1-2H3,(H,28,29)/t25-/m1/s1. The SMILES string of the molecule is CCCOc1cccc([C@@H]2C(C(=O)c3ccccc3)=C(C)Nc3nc4ccccc4n32)c1. The van der Waals surface area contributed by atoms with E-state index in [4.69, 9.17) is 9.72 Å². The molecule has 0 amide bonds. The van der Waals surface area contributed by atoms with Gasteiger partial charge in [0.15, 0.2) is 5.78 Å². The van der Waals surface area contributed by atoms with E-state index in [0.29, 0.717) is 17.7 Å². The summed E-state index contributed by atoms with van der Waals surface area (Å²) >= 11 is 0. The zero-order chi connectivity index (χ0) is 22.1. The zero-order valence-corrected chi connectivity index (χ0v) is 18.2. The van der Waals surface area contributed by atoms with Crippen molar-refractivity contribution < 1.29 is 9.53 Å². The van der Waals surface area contributed by atoms with Gasteiger partial charge in [0.1, 0.15) is 5.75 Å². The maximum absolute atomic E-state index is 13.8. The van der Waals surface area contributed by atoms with Crippen LogP contribution in [0.4, 0.5) is 5.95 Å². The topological polar surface area (TPSA) is 56.1 Å². The number of imidazole rings is 1. The fourth-order valence-corrected chi connectivity index (χ4v) is 4.31. The van der Waals surface area contributed by atoms with Gasteiger partial charge in [-0.05, 0) is 43.2 Å². The number of carbonyl (C=O) groups is 1. The van der Waals surface area contributed by atoms with Gasteiger partial charge in [-0.3, -0.25) is 9.36 Å². The van der Waals surface area contributed by atoms with Crippen LogP contribution in [0.2, 0.25) is 0 Å². The van der Waals surface area contributed by atoms with Gasteiger partial charge in [0.25, 0.3) is 0 Å². The summed E-state index contributed by atoms with van der Waals surface area (Å²) < 4.78 is 8.03. The largest absolute Gasteiger partial charge is 0.494 e. The van der Waals surface area contributed by atoms with Gasteiger partial charge in [-0.15, -0.1) is 0 Å². The van der Waals surface area contributed by atoms with Gasteiger partial charge in [-0.2, -0.15) is 0 Å². The lowest BCUT2D eigenvalue weighted by atomic mass is 9.89. The number of hydrogen-bond donors (Lipinski definition) is 1. The Morgan fingerprint density at radius 1 is 1.03 bits per heavy atom. The number of hydrogen-bond acceptors (Lipinski definition) is 4. The van der Waals surface area contributed by atoms with Crippen molar-refractivity contribution in [2.45, 2.75) is 26.3 Å². The van der Waals surface area contributed by atoms with Crippen molar-refractivity contribution in [3.8, 4) is 5.75 Å². The van der Waals surface area contributed by atoms with Crippen LogP contribution in [0, 0.1) is 0 Å². The van der Waals surface area contributed by atoms with Gasteiger partial charge in [0.05, 0.1) is 23.7 Å². The quantitative estimate of drug-likeness (QED) is 0.387. The van der Waals surface area contributed by atoms with Crippen molar-refractivity contribution in [1.29, 1.82) is 0 Å². The van der Waals surface area contributed by atoms with Crippen LogP contribution in [0.5, 0.6) is 5.75 Å². The molecule has 1 aliphatic rings. The van der Waals surface area contributed by atoms with E-state index in [-0.39, 0.29) is 11.8 Å². The molecule has 1 aliphatic heterocycles. The molecule has 5 nitrogen and oxygen atoms in total. The number of Topliss-reactive ketones (excluding diaryl/α,β-unsaturated/α-hetero) is 1. The number of allylic oxidation sites excluding steroid dienone is 2. The maximum atomic E-state index is 13.8. The fourth-order valence-electron chi connectivity index (χ4n) is 4.31. The number of carbonyl (C=O) groups excluding carboxylic acids is 1. The van der Waals surface area contributed by atoms with Gasteiger partial charge in [0.2, 0.25) is 5.95 Å². The summed E-state index contributed by atoms with van der Waals surface area (Å²) in [6, 6.07) is 25.2. The Morgan fingerprint density at radius 3 is 2.62 bits per heavy atom. The van der Waals surface area contributed by atoms with Crippen molar-refractivity contribution in [2.75, 3.05) is 11.9 Å². The Morgan fingerprint density at radius 2 is 1.81 bits per heavy atom. The number of benzene rings is 3. The van der Waals surface area contributed by atoms with Gasteiger partial charge in [0, 0.05) is 16.8 Å². The smallest absolute Gasteiger partial charge is 0.209 e. The van der Waals surface area contributed by atoms with E-state index >= 15 is 0 Å². The van der Waals surface area contributed by atoms with Gasteiger partial charge in [-0.25, -0.2) is 4.98 Å². The molecule has 3 aromatic carbocycles. The number of ether oxygens (including phenoxy) is 1. The molecule has 1 atom stereocenters. The average molecular weight is 424 g/mol. The van der Waals surface area contributed by atoms with Crippen LogP contribution < -0.4 is 10.1 Å². The summed E-state index contributed by atoms with van der Waals surface area (Å²) in [5.74, 6) is 1.54. The lowest BCUT2D eigenvalue weighted by molar-refractivity contribution is 0.102. The summed E-state index contributed by atoms with van der Waals surface area (Å²) in [5.41, 5.74) is 5.04. The van der Waals surface area contributed by atoms with Crippen molar-refractivity contribution in [1.82, 2.24) is 9.55 Å². The number of fused-ring (bicyclic) bond motifs is 3. The number of anilines is 1. The van der Waals surface area contributed by atoms with E-state index in [2.05, 4.69) is 22.9 Å². The van der Waals surface area contributed by atoms with Crippen LogP contribution in [0.15, 0.2) is 90.1 Å². The number of rotatable bonds is 6. The summed E-state index contributed by atoms with van der Waals surface area (Å²) in [7, 11) is 0. The molecule has 5 rings (SSSR count). The van der Waals surface area contributed by atoms with E-state index in [1.165, 1.54) is 0 Å². The van der Waals surface area contributed by atoms with Crippen LogP contribution in [-0.4, -0.2) is 21.9 Å². The van der Waals surface area contributed by atoms with Crippen molar-refractivity contribution in [3.63, 3.8) is 0 Å². The molecule has 0 saturated carbocycles. The Labute approximate surface area is 187 Å². The predicted molar refractivity (Wildman–Crippen MR) is 127 cm³/mol. The molecule has 32 heavy (non-hydrogen) atoms. The fraction of sp³-hybridized carbons (Fsp3) is 0.185. The number of ketones is 1. The first-order valence-electron chi connectivity index (χ1n) is 10.9. The second-order valence-corrected chi connectivity index (χ2v) is 7.98. The van der Waals surface area contributed by atoms with E-state index in [9.17, 15) is 4.79 Å². The van der Waals surface area contributed by atoms with Crippen LogP contribution in [0.1, 0.15) is 42.2 Å². The molecular weight excluding hydrogens is 398 g/mol. The Balaban J connectivity index is 1.71. The van der Waals surface area contributed by atoms with E-state index in [1.54, 1.807) is 0 Å². The molecule has 4 aromatic rings. The molecule has 0 fully saturated rings. The van der Waals surface area contributed by atoms with Crippen molar-refractivity contribution in [2.24, 2.45) is 0 Å². The molecule has 0 saturated heterocycles. The third kappa shape index (κ3) is 3.46. The number of nitrogens with zero attached hydrogens (tertiary/aromatic N) is 2. The first kappa shape index (κ1) is 20.1. The summed E-state index contributed by atoms with van der Waals surface area (Å²) in [4.78, 5) is 18.5. The lowest BCUT2D eigenvalue weighted by Crippen LogP contribution is -2.28. The Hall–Kier alpha value is -3.86. The highest BCUT2D eigenvalue weighted by Gasteiger charge is 2.34. The molecule has 1 aromatic heterocycles. The molecule has 1 N–H and O–H groups in total. The van der Waals surface area contributed by atoms with E-state index in [1.807, 2.05) is 79.7 Å². The van der Waals surface area contributed by atoms with Crippen LogP contribution in [0.25, 0.3) is 11.0 Å². The predicted octanol–water partition coefficient (Wildman–Crippen LogP) is 6.00. The molecule has 0 aliphatic carbocycles. The van der Waals surface area contributed by atoms with Crippen LogP contribution in [-0.2, 0) is 0 Å². The third-order valence-corrected chi connectivity index (χ3v) is 5.76. The Kier molecular flexibility index (Phi) is 5.23. The van der Waals surface area contributed by atoms with Gasteiger partial charge < -0.3 is 10.1 Å².